The molecule has 0 amide bonds. The van der Waals surface area contributed by atoms with E-state index in [0.29, 0.717) is 11.5 Å². The van der Waals surface area contributed by atoms with Crippen LogP contribution in [0.4, 0.5) is 0 Å². The summed E-state index contributed by atoms with van der Waals surface area (Å²) in [6.07, 6.45) is 5.42. The Morgan fingerprint density at radius 3 is 2.53 bits per heavy atom. The highest BCUT2D eigenvalue weighted by Gasteiger charge is 2.32. The fourth-order valence-corrected chi connectivity index (χ4v) is 4.69. The van der Waals surface area contributed by atoms with Crippen LogP contribution in [-0.2, 0) is 0 Å². The van der Waals surface area contributed by atoms with Crippen molar-refractivity contribution in [2.45, 2.75) is 45.6 Å². The molecule has 0 saturated heterocycles. The predicted octanol–water partition coefficient (Wildman–Crippen LogP) is 4.99. The van der Waals surface area contributed by atoms with Gasteiger partial charge in [0.2, 0.25) is 0 Å². The Labute approximate surface area is 117 Å². The van der Waals surface area contributed by atoms with Gasteiger partial charge in [-0.1, -0.05) is 13.8 Å². The fraction of sp³-hybridized carbons (Fsp3) is 0.714. The Morgan fingerprint density at radius 1 is 1.41 bits per heavy atom. The third kappa shape index (κ3) is 3.12. The van der Waals surface area contributed by atoms with Gasteiger partial charge in [0.15, 0.2) is 0 Å². The van der Waals surface area contributed by atoms with Crippen LogP contribution < -0.4 is 5.32 Å². The second-order valence-electron chi connectivity index (χ2n) is 5.90. The zero-order valence-corrected chi connectivity index (χ0v) is 13.3. The molecule has 0 spiro atoms. The number of halogens is 1. The lowest BCUT2D eigenvalue weighted by molar-refractivity contribution is 0.165. The monoisotopic (exact) mass is 315 g/mol. The smallest absolute Gasteiger partial charge is 0.0452 e. The zero-order valence-electron chi connectivity index (χ0n) is 10.9. The van der Waals surface area contributed by atoms with Crippen molar-refractivity contribution in [2.24, 2.45) is 11.3 Å². The first kappa shape index (κ1) is 13.6. The van der Waals surface area contributed by atoms with E-state index in [4.69, 9.17) is 0 Å². The van der Waals surface area contributed by atoms with Crippen LogP contribution in [-0.4, -0.2) is 7.05 Å². The molecule has 0 bridgehead atoms. The van der Waals surface area contributed by atoms with Gasteiger partial charge >= 0.3 is 0 Å². The maximum absolute atomic E-state index is 3.67. The third-order valence-corrected chi connectivity index (χ3v) is 6.05. The number of nitrogens with one attached hydrogen (secondary N) is 1. The summed E-state index contributed by atoms with van der Waals surface area (Å²) in [5.74, 6) is 0.794. The molecule has 1 aliphatic rings. The molecule has 17 heavy (non-hydrogen) atoms. The highest BCUT2D eigenvalue weighted by molar-refractivity contribution is 9.10. The van der Waals surface area contributed by atoms with Crippen LogP contribution in [0.15, 0.2) is 15.9 Å². The average molecular weight is 316 g/mol. The lowest BCUT2D eigenvalue weighted by Gasteiger charge is -2.37. The molecule has 0 radical (unpaired) electrons. The Kier molecular flexibility index (Phi) is 4.32. The predicted molar refractivity (Wildman–Crippen MR) is 79.6 cm³/mol. The average Bonchev–Trinajstić information content (AvgIpc) is 2.69. The highest BCUT2D eigenvalue weighted by Crippen LogP contribution is 2.44. The van der Waals surface area contributed by atoms with E-state index >= 15 is 0 Å². The molecular weight excluding hydrogens is 294 g/mol. The van der Waals surface area contributed by atoms with Gasteiger partial charge < -0.3 is 5.32 Å². The number of hydrogen-bond donors (Lipinski definition) is 1. The van der Waals surface area contributed by atoms with Crippen LogP contribution in [0.1, 0.15) is 50.4 Å². The lowest BCUT2D eigenvalue weighted by atomic mass is 9.71. The van der Waals surface area contributed by atoms with Crippen molar-refractivity contribution in [3.63, 3.8) is 0 Å². The second kappa shape index (κ2) is 5.41. The van der Waals surface area contributed by atoms with Crippen molar-refractivity contribution in [1.82, 2.24) is 5.32 Å². The molecule has 1 aliphatic carbocycles. The van der Waals surface area contributed by atoms with E-state index in [1.54, 1.807) is 0 Å². The van der Waals surface area contributed by atoms with Gasteiger partial charge in [0.05, 0.1) is 0 Å². The fourth-order valence-electron chi connectivity index (χ4n) is 2.86. The topological polar surface area (TPSA) is 12.0 Å². The van der Waals surface area contributed by atoms with E-state index in [1.165, 1.54) is 35.0 Å². The minimum Gasteiger partial charge on any atom is -0.312 e. The molecule has 1 N–H and O–H groups in total. The quantitative estimate of drug-likeness (QED) is 0.828. The Bertz CT molecular complexity index is 362. The van der Waals surface area contributed by atoms with Gasteiger partial charge in [-0.2, -0.15) is 0 Å². The first-order valence-electron chi connectivity index (χ1n) is 6.44. The van der Waals surface area contributed by atoms with Gasteiger partial charge in [0.25, 0.3) is 0 Å². The van der Waals surface area contributed by atoms with Crippen LogP contribution in [0.3, 0.4) is 0 Å². The lowest BCUT2D eigenvalue weighted by Crippen LogP contribution is -2.30. The number of hydrogen-bond acceptors (Lipinski definition) is 2. The summed E-state index contributed by atoms with van der Waals surface area (Å²) in [7, 11) is 2.09. The summed E-state index contributed by atoms with van der Waals surface area (Å²) in [6, 6.07) is 2.69. The summed E-state index contributed by atoms with van der Waals surface area (Å²) >= 11 is 5.53. The van der Waals surface area contributed by atoms with Crippen molar-refractivity contribution in [2.75, 3.05) is 7.05 Å². The standard InChI is InChI=1S/C14H22BrNS/c1-14(2)7-4-10(5-8-14)12(16-3)13-11(15)6-9-17-13/h6,9-10,12,16H,4-5,7-8H2,1-3H3. The number of rotatable bonds is 3. The first-order chi connectivity index (χ1) is 8.03. The van der Waals surface area contributed by atoms with E-state index < -0.39 is 0 Å². The molecule has 1 unspecified atom stereocenters. The zero-order chi connectivity index (χ0) is 12.5. The van der Waals surface area contributed by atoms with E-state index in [2.05, 4.69) is 53.6 Å². The largest absolute Gasteiger partial charge is 0.312 e. The molecule has 1 heterocycles. The Morgan fingerprint density at radius 2 is 2.06 bits per heavy atom. The van der Waals surface area contributed by atoms with Gasteiger partial charge in [-0.25, -0.2) is 0 Å². The minimum absolute atomic E-state index is 0.528. The summed E-state index contributed by atoms with van der Waals surface area (Å²) in [5, 5.41) is 5.70. The van der Waals surface area contributed by atoms with Crippen molar-refractivity contribution in [3.8, 4) is 0 Å². The molecule has 1 atom stereocenters. The molecule has 2 rings (SSSR count). The molecule has 1 aromatic heterocycles. The van der Waals surface area contributed by atoms with E-state index in [-0.39, 0.29) is 0 Å². The SMILES string of the molecule is CNC(c1sccc1Br)C1CCC(C)(C)CC1. The first-order valence-corrected chi connectivity index (χ1v) is 8.11. The van der Waals surface area contributed by atoms with Crippen molar-refractivity contribution in [3.05, 3.63) is 20.8 Å². The Balaban J connectivity index is 2.08. The maximum Gasteiger partial charge on any atom is 0.0452 e. The summed E-state index contributed by atoms with van der Waals surface area (Å²) in [4.78, 5) is 1.47. The molecule has 1 aromatic rings. The second-order valence-corrected chi connectivity index (χ2v) is 7.70. The van der Waals surface area contributed by atoms with Crippen LogP contribution in [0.5, 0.6) is 0 Å². The summed E-state index contributed by atoms with van der Waals surface area (Å²) in [6.45, 7) is 4.80. The van der Waals surface area contributed by atoms with Crippen LogP contribution in [0.25, 0.3) is 0 Å². The van der Waals surface area contributed by atoms with Gasteiger partial charge in [0, 0.05) is 15.4 Å². The van der Waals surface area contributed by atoms with E-state index in [1.807, 2.05) is 11.3 Å². The van der Waals surface area contributed by atoms with Gasteiger partial charge in [-0.05, 0) is 71.4 Å². The van der Waals surface area contributed by atoms with Crippen molar-refractivity contribution < 1.29 is 0 Å². The van der Waals surface area contributed by atoms with Crippen LogP contribution in [0.2, 0.25) is 0 Å². The molecule has 0 aromatic carbocycles. The maximum atomic E-state index is 3.67. The van der Waals surface area contributed by atoms with Gasteiger partial charge in [0.1, 0.15) is 0 Å². The number of thiophene rings is 1. The molecule has 96 valence electrons. The van der Waals surface area contributed by atoms with Crippen LogP contribution in [0, 0.1) is 11.3 Å². The third-order valence-electron chi connectivity index (χ3n) is 4.09. The molecule has 1 nitrogen and oxygen atoms in total. The Hall–Kier alpha value is 0.140. The van der Waals surface area contributed by atoms with E-state index in [0.717, 1.165) is 5.92 Å². The molecular formula is C14H22BrNS. The molecule has 1 fully saturated rings. The highest BCUT2D eigenvalue weighted by atomic mass is 79.9. The minimum atomic E-state index is 0.528. The van der Waals surface area contributed by atoms with Gasteiger partial charge in [-0.15, -0.1) is 11.3 Å². The summed E-state index contributed by atoms with van der Waals surface area (Å²) in [5.41, 5.74) is 0.557. The summed E-state index contributed by atoms with van der Waals surface area (Å²) < 4.78 is 1.27. The van der Waals surface area contributed by atoms with Crippen LogP contribution >= 0.6 is 27.3 Å². The molecule has 0 aliphatic heterocycles. The van der Waals surface area contributed by atoms with Crippen molar-refractivity contribution >= 4 is 27.3 Å². The normalized spacial score (nSPS) is 22.6. The molecule has 1 saturated carbocycles. The van der Waals surface area contributed by atoms with E-state index in [9.17, 15) is 0 Å². The van der Waals surface area contributed by atoms with Gasteiger partial charge in [-0.3, -0.25) is 0 Å². The van der Waals surface area contributed by atoms with Crippen molar-refractivity contribution in [1.29, 1.82) is 0 Å². The molecule has 3 heteroatoms.